The van der Waals surface area contributed by atoms with Crippen LogP contribution in [0.4, 0.5) is 0 Å². The minimum absolute atomic E-state index is 0.238. The highest BCUT2D eigenvalue weighted by Gasteiger charge is 2.06. The fourth-order valence-corrected chi connectivity index (χ4v) is 2.42. The highest BCUT2D eigenvalue weighted by Crippen LogP contribution is 2.28. The topological polar surface area (TPSA) is 45.4 Å². The number of halogens is 2. The molecule has 0 unspecified atom stereocenters. The highest BCUT2D eigenvalue weighted by molar-refractivity contribution is 6.35. The molecule has 0 fully saturated rings. The van der Waals surface area contributed by atoms with Gasteiger partial charge in [-0.1, -0.05) is 23.2 Å². The van der Waals surface area contributed by atoms with Crippen LogP contribution in [-0.2, 0) is 6.54 Å². The van der Waals surface area contributed by atoms with Crippen LogP contribution in [0, 0.1) is 0 Å². The molecule has 0 aliphatic heterocycles. The molecule has 0 saturated heterocycles. The number of rotatable bonds is 7. The molecular formula is C15H17Cl2NO2. The van der Waals surface area contributed by atoms with E-state index in [1.165, 1.54) is 0 Å². The molecular weight excluding hydrogens is 297 g/mol. The zero-order valence-electron chi connectivity index (χ0n) is 11.0. The van der Waals surface area contributed by atoms with Crippen LogP contribution < -0.4 is 5.32 Å². The standard InChI is InChI=1S/C15H17Cl2NO2/c16-12-7-11(8-13(17)9-12)15-4-3-14(20-15)10-18-5-1-2-6-19/h3-4,7-9,18-19H,1-2,5-6,10H2. The summed E-state index contributed by atoms with van der Waals surface area (Å²) in [5, 5.41) is 13.1. The highest BCUT2D eigenvalue weighted by atomic mass is 35.5. The molecule has 1 heterocycles. The number of furan rings is 1. The third kappa shape index (κ3) is 4.53. The largest absolute Gasteiger partial charge is 0.460 e. The van der Waals surface area contributed by atoms with E-state index in [2.05, 4.69) is 5.32 Å². The van der Waals surface area contributed by atoms with Crippen molar-refractivity contribution < 1.29 is 9.52 Å². The predicted octanol–water partition coefficient (Wildman–Crippen LogP) is 4.12. The second-order valence-corrected chi connectivity index (χ2v) is 5.40. The first-order valence-electron chi connectivity index (χ1n) is 6.56. The molecule has 1 aromatic carbocycles. The van der Waals surface area contributed by atoms with Crippen molar-refractivity contribution in [3.05, 3.63) is 46.1 Å². The molecule has 108 valence electrons. The van der Waals surface area contributed by atoms with Crippen LogP contribution in [0.1, 0.15) is 18.6 Å². The zero-order valence-corrected chi connectivity index (χ0v) is 12.5. The summed E-state index contributed by atoms with van der Waals surface area (Å²) < 4.78 is 5.76. The molecule has 2 rings (SSSR count). The number of hydrogen-bond acceptors (Lipinski definition) is 3. The summed E-state index contributed by atoms with van der Waals surface area (Å²) in [6.07, 6.45) is 1.77. The first-order valence-corrected chi connectivity index (χ1v) is 7.31. The summed E-state index contributed by atoms with van der Waals surface area (Å²) in [6, 6.07) is 9.19. The van der Waals surface area contributed by atoms with Gasteiger partial charge < -0.3 is 14.8 Å². The lowest BCUT2D eigenvalue weighted by molar-refractivity contribution is 0.283. The molecule has 2 N–H and O–H groups in total. The van der Waals surface area contributed by atoms with Crippen molar-refractivity contribution in [2.45, 2.75) is 19.4 Å². The maximum Gasteiger partial charge on any atom is 0.134 e. The zero-order chi connectivity index (χ0) is 14.4. The van der Waals surface area contributed by atoms with Crippen LogP contribution in [0.5, 0.6) is 0 Å². The van der Waals surface area contributed by atoms with Crippen LogP contribution in [0.3, 0.4) is 0 Å². The Morgan fingerprint density at radius 1 is 1.05 bits per heavy atom. The number of benzene rings is 1. The van der Waals surface area contributed by atoms with Gasteiger partial charge in [0.2, 0.25) is 0 Å². The van der Waals surface area contributed by atoms with E-state index in [1.54, 1.807) is 6.07 Å². The Morgan fingerprint density at radius 2 is 1.80 bits per heavy atom. The Balaban J connectivity index is 1.94. The van der Waals surface area contributed by atoms with Gasteiger partial charge >= 0.3 is 0 Å². The summed E-state index contributed by atoms with van der Waals surface area (Å²) in [5.74, 6) is 1.61. The van der Waals surface area contributed by atoms with Gasteiger partial charge in [0.05, 0.1) is 6.54 Å². The summed E-state index contributed by atoms with van der Waals surface area (Å²) >= 11 is 12.0. The van der Waals surface area contributed by atoms with Crippen molar-refractivity contribution >= 4 is 23.2 Å². The van der Waals surface area contributed by atoms with E-state index < -0.39 is 0 Å². The minimum Gasteiger partial charge on any atom is -0.460 e. The first-order chi connectivity index (χ1) is 9.69. The van der Waals surface area contributed by atoms with Gasteiger partial charge in [-0.05, 0) is 49.7 Å². The molecule has 0 aliphatic rings. The lowest BCUT2D eigenvalue weighted by Crippen LogP contribution is -2.14. The van der Waals surface area contributed by atoms with Gasteiger partial charge in [-0.25, -0.2) is 0 Å². The van der Waals surface area contributed by atoms with Gasteiger partial charge in [0.15, 0.2) is 0 Å². The van der Waals surface area contributed by atoms with E-state index >= 15 is 0 Å². The first kappa shape index (κ1) is 15.4. The second-order valence-electron chi connectivity index (χ2n) is 4.53. The van der Waals surface area contributed by atoms with Gasteiger partial charge in [0.25, 0.3) is 0 Å². The van der Waals surface area contributed by atoms with Crippen molar-refractivity contribution in [1.82, 2.24) is 5.32 Å². The van der Waals surface area contributed by atoms with Crippen LogP contribution in [0.2, 0.25) is 10.0 Å². The maximum atomic E-state index is 8.69. The van der Waals surface area contributed by atoms with Crippen molar-refractivity contribution in [3.63, 3.8) is 0 Å². The Hall–Kier alpha value is -1.00. The average Bonchev–Trinajstić information content (AvgIpc) is 2.86. The van der Waals surface area contributed by atoms with Crippen molar-refractivity contribution in [1.29, 1.82) is 0 Å². The predicted molar refractivity (Wildman–Crippen MR) is 82.2 cm³/mol. The smallest absolute Gasteiger partial charge is 0.134 e. The summed E-state index contributed by atoms with van der Waals surface area (Å²) in [4.78, 5) is 0. The number of aliphatic hydroxyl groups is 1. The van der Waals surface area contributed by atoms with Gasteiger partial charge in [-0.3, -0.25) is 0 Å². The van der Waals surface area contributed by atoms with Crippen molar-refractivity contribution in [3.8, 4) is 11.3 Å². The molecule has 20 heavy (non-hydrogen) atoms. The lowest BCUT2D eigenvalue weighted by atomic mass is 10.2. The van der Waals surface area contributed by atoms with Crippen LogP contribution in [-0.4, -0.2) is 18.3 Å². The molecule has 3 nitrogen and oxygen atoms in total. The molecule has 0 aliphatic carbocycles. The van der Waals surface area contributed by atoms with Crippen molar-refractivity contribution in [2.75, 3.05) is 13.2 Å². The number of hydrogen-bond donors (Lipinski definition) is 2. The molecule has 0 saturated carbocycles. The second kappa shape index (κ2) is 7.70. The van der Waals surface area contributed by atoms with E-state index in [4.69, 9.17) is 32.7 Å². The molecule has 0 bridgehead atoms. The SMILES string of the molecule is OCCCCNCc1ccc(-c2cc(Cl)cc(Cl)c2)o1. The van der Waals surface area contributed by atoms with E-state index in [0.717, 1.165) is 36.5 Å². The molecule has 0 radical (unpaired) electrons. The molecule has 5 heteroatoms. The normalized spacial score (nSPS) is 10.9. The summed E-state index contributed by atoms with van der Waals surface area (Å²) in [6.45, 7) is 1.77. The maximum absolute atomic E-state index is 8.69. The van der Waals surface area contributed by atoms with E-state index in [9.17, 15) is 0 Å². The molecule has 0 atom stereocenters. The monoisotopic (exact) mass is 313 g/mol. The molecule has 2 aromatic rings. The average molecular weight is 314 g/mol. The van der Waals surface area contributed by atoms with Gasteiger partial charge in [-0.2, -0.15) is 0 Å². The van der Waals surface area contributed by atoms with Gasteiger partial charge in [0.1, 0.15) is 11.5 Å². The van der Waals surface area contributed by atoms with Crippen LogP contribution >= 0.6 is 23.2 Å². The number of aliphatic hydroxyl groups excluding tert-OH is 1. The fraction of sp³-hybridized carbons (Fsp3) is 0.333. The molecule has 1 aromatic heterocycles. The third-order valence-corrected chi connectivity index (χ3v) is 3.31. The fourth-order valence-electron chi connectivity index (χ4n) is 1.90. The van der Waals surface area contributed by atoms with Crippen LogP contribution in [0.25, 0.3) is 11.3 Å². The number of nitrogens with one attached hydrogen (secondary N) is 1. The number of unbranched alkanes of at least 4 members (excludes halogenated alkanes) is 1. The third-order valence-electron chi connectivity index (χ3n) is 2.87. The van der Waals surface area contributed by atoms with E-state index in [0.29, 0.717) is 16.6 Å². The van der Waals surface area contributed by atoms with E-state index in [1.807, 2.05) is 24.3 Å². The Morgan fingerprint density at radius 3 is 2.50 bits per heavy atom. The van der Waals surface area contributed by atoms with E-state index in [-0.39, 0.29) is 6.61 Å². The summed E-state index contributed by atoms with van der Waals surface area (Å²) in [5.41, 5.74) is 0.869. The van der Waals surface area contributed by atoms with Crippen molar-refractivity contribution in [2.24, 2.45) is 0 Å². The summed E-state index contributed by atoms with van der Waals surface area (Å²) in [7, 11) is 0. The molecule has 0 spiro atoms. The quantitative estimate of drug-likeness (QED) is 0.756. The van der Waals surface area contributed by atoms with Gasteiger partial charge in [0, 0.05) is 22.2 Å². The molecule has 0 amide bonds. The Kier molecular flexibility index (Phi) is 5.92. The van der Waals surface area contributed by atoms with Gasteiger partial charge in [-0.15, -0.1) is 0 Å². The van der Waals surface area contributed by atoms with Crippen LogP contribution in [0.15, 0.2) is 34.7 Å². The Labute approximate surface area is 128 Å². The Bertz CT molecular complexity index is 534. The lowest BCUT2D eigenvalue weighted by Gasteiger charge is -2.02. The minimum atomic E-state index is 0.238.